The van der Waals surface area contributed by atoms with Crippen molar-refractivity contribution in [1.29, 1.82) is 0 Å². The topological polar surface area (TPSA) is 41.6 Å². The highest BCUT2D eigenvalue weighted by Gasteiger charge is 2.15. The van der Waals surface area contributed by atoms with E-state index >= 15 is 0 Å². The lowest BCUT2D eigenvalue weighted by Crippen LogP contribution is -1.89. The summed E-state index contributed by atoms with van der Waals surface area (Å²) in [5.74, 6) is 0. The number of nitrogens with zero attached hydrogens (tertiary/aromatic N) is 2. The third-order valence-corrected chi connectivity index (χ3v) is 4.49. The predicted octanol–water partition coefficient (Wildman–Crippen LogP) is 4.68. The average Bonchev–Trinajstić information content (AvgIpc) is 2.98. The van der Waals surface area contributed by atoms with Gasteiger partial charge >= 0.3 is 0 Å². The van der Waals surface area contributed by atoms with Gasteiger partial charge in [0, 0.05) is 5.56 Å². The molecular formula is C19H13N3. The molecule has 1 heterocycles. The summed E-state index contributed by atoms with van der Waals surface area (Å²) in [7, 11) is 0. The van der Waals surface area contributed by atoms with E-state index in [1.54, 1.807) is 0 Å². The maximum atomic E-state index is 4.36. The van der Waals surface area contributed by atoms with Gasteiger partial charge in [0.25, 0.3) is 0 Å². The van der Waals surface area contributed by atoms with Gasteiger partial charge < -0.3 is 0 Å². The molecule has 4 aromatic carbocycles. The molecule has 1 aromatic heterocycles. The van der Waals surface area contributed by atoms with Gasteiger partial charge in [0.05, 0.1) is 5.69 Å². The van der Waals surface area contributed by atoms with Crippen molar-refractivity contribution in [1.82, 2.24) is 15.4 Å². The number of H-pyrrole nitrogens is 1. The maximum absolute atomic E-state index is 4.36. The van der Waals surface area contributed by atoms with Gasteiger partial charge in [-0.1, -0.05) is 48.5 Å². The first kappa shape index (κ1) is 11.7. The van der Waals surface area contributed by atoms with Crippen LogP contribution in [0, 0.1) is 6.92 Å². The second-order valence-corrected chi connectivity index (χ2v) is 5.73. The van der Waals surface area contributed by atoms with E-state index in [1.807, 2.05) is 6.92 Å². The Morgan fingerprint density at radius 2 is 1.50 bits per heavy atom. The van der Waals surface area contributed by atoms with Crippen LogP contribution in [0.15, 0.2) is 54.6 Å². The highest BCUT2D eigenvalue weighted by Crippen LogP contribution is 2.39. The van der Waals surface area contributed by atoms with Crippen molar-refractivity contribution in [3.63, 3.8) is 0 Å². The van der Waals surface area contributed by atoms with E-state index in [4.69, 9.17) is 0 Å². The van der Waals surface area contributed by atoms with Crippen molar-refractivity contribution in [2.24, 2.45) is 0 Å². The Balaban J connectivity index is 2.10. The zero-order valence-electron chi connectivity index (χ0n) is 12.1. The SMILES string of the molecule is Cc1n[nH]nc1-c1cc2cccc3ccc4cccc1c4c32. The highest BCUT2D eigenvalue weighted by atomic mass is 15.3. The molecular weight excluding hydrogens is 270 g/mol. The Labute approximate surface area is 126 Å². The molecule has 3 nitrogen and oxygen atoms in total. The Kier molecular flexibility index (Phi) is 2.15. The summed E-state index contributed by atoms with van der Waals surface area (Å²) in [6, 6.07) is 19.6. The molecule has 104 valence electrons. The van der Waals surface area contributed by atoms with Crippen LogP contribution in [0.4, 0.5) is 0 Å². The molecule has 0 atom stereocenters. The van der Waals surface area contributed by atoms with Crippen molar-refractivity contribution in [2.75, 3.05) is 0 Å². The number of nitrogens with one attached hydrogen (secondary N) is 1. The molecule has 0 aliphatic heterocycles. The summed E-state index contributed by atoms with van der Waals surface area (Å²) in [6.45, 7) is 1.99. The molecule has 3 heteroatoms. The summed E-state index contributed by atoms with van der Waals surface area (Å²) in [4.78, 5) is 0. The van der Waals surface area contributed by atoms with Gasteiger partial charge in [-0.15, -0.1) is 0 Å². The lowest BCUT2D eigenvalue weighted by atomic mass is 9.90. The number of hydrogen-bond donors (Lipinski definition) is 1. The van der Waals surface area contributed by atoms with E-state index < -0.39 is 0 Å². The van der Waals surface area contributed by atoms with E-state index in [0.29, 0.717) is 0 Å². The monoisotopic (exact) mass is 283 g/mol. The Hall–Kier alpha value is -2.94. The Bertz CT molecular complexity index is 1140. The molecule has 5 aromatic rings. The molecule has 0 spiro atoms. The van der Waals surface area contributed by atoms with Crippen molar-refractivity contribution < 1.29 is 0 Å². The molecule has 0 bridgehead atoms. The molecule has 0 aliphatic carbocycles. The van der Waals surface area contributed by atoms with E-state index in [-0.39, 0.29) is 0 Å². The van der Waals surface area contributed by atoms with Crippen LogP contribution in [0.2, 0.25) is 0 Å². The second kappa shape index (κ2) is 4.04. The molecule has 0 fully saturated rings. The molecule has 0 saturated carbocycles. The smallest absolute Gasteiger partial charge is 0.116 e. The zero-order valence-corrected chi connectivity index (χ0v) is 12.1. The maximum Gasteiger partial charge on any atom is 0.116 e. The van der Waals surface area contributed by atoms with Crippen LogP contribution in [-0.2, 0) is 0 Å². The summed E-state index contributed by atoms with van der Waals surface area (Å²) in [5, 5.41) is 19.0. The molecule has 22 heavy (non-hydrogen) atoms. The third-order valence-electron chi connectivity index (χ3n) is 4.49. The van der Waals surface area contributed by atoms with Gasteiger partial charge in [0.1, 0.15) is 5.69 Å². The van der Waals surface area contributed by atoms with Crippen LogP contribution in [0.1, 0.15) is 5.69 Å². The molecule has 5 rings (SSSR count). The van der Waals surface area contributed by atoms with Crippen molar-refractivity contribution in [3.05, 3.63) is 60.3 Å². The minimum absolute atomic E-state index is 0.926. The first-order valence-electron chi connectivity index (χ1n) is 7.37. The number of rotatable bonds is 1. The van der Waals surface area contributed by atoms with Gasteiger partial charge in [0.2, 0.25) is 0 Å². The largest absolute Gasteiger partial charge is 0.197 e. The molecule has 0 radical (unpaired) electrons. The molecule has 0 amide bonds. The van der Waals surface area contributed by atoms with Crippen LogP contribution in [-0.4, -0.2) is 15.4 Å². The number of aromatic amines is 1. The Morgan fingerprint density at radius 1 is 0.773 bits per heavy atom. The molecule has 1 N–H and O–H groups in total. The first-order chi connectivity index (χ1) is 10.8. The van der Waals surface area contributed by atoms with Crippen LogP contribution in [0.5, 0.6) is 0 Å². The third kappa shape index (κ3) is 1.40. The summed E-state index contributed by atoms with van der Waals surface area (Å²) in [6.07, 6.45) is 0. The fourth-order valence-corrected chi connectivity index (χ4v) is 3.50. The Morgan fingerprint density at radius 3 is 2.27 bits per heavy atom. The first-order valence-corrected chi connectivity index (χ1v) is 7.37. The van der Waals surface area contributed by atoms with E-state index in [2.05, 4.69) is 70.0 Å². The van der Waals surface area contributed by atoms with Crippen LogP contribution >= 0.6 is 0 Å². The van der Waals surface area contributed by atoms with Crippen molar-refractivity contribution >= 4 is 32.3 Å². The number of hydrogen-bond acceptors (Lipinski definition) is 2. The van der Waals surface area contributed by atoms with Gasteiger partial charge in [-0.25, -0.2) is 0 Å². The van der Waals surface area contributed by atoms with E-state index in [9.17, 15) is 0 Å². The lowest BCUT2D eigenvalue weighted by Gasteiger charge is -2.13. The second-order valence-electron chi connectivity index (χ2n) is 5.73. The fraction of sp³-hybridized carbons (Fsp3) is 0.0526. The number of aromatic nitrogens is 3. The number of aryl methyl sites for hydroxylation is 1. The highest BCUT2D eigenvalue weighted by molar-refractivity contribution is 6.26. The predicted molar refractivity (Wildman–Crippen MR) is 90.3 cm³/mol. The normalized spacial score (nSPS) is 11.9. The van der Waals surface area contributed by atoms with Crippen LogP contribution in [0.25, 0.3) is 43.6 Å². The molecule has 0 saturated heterocycles. The minimum Gasteiger partial charge on any atom is -0.197 e. The summed E-state index contributed by atoms with van der Waals surface area (Å²) in [5.41, 5.74) is 3.00. The summed E-state index contributed by atoms with van der Waals surface area (Å²) < 4.78 is 0. The van der Waals surface area contributed by atoms with Gasteiger partial charge in [0.15, 0.2) is 0 Å². The molecule has 0 unspecified atom stereocenters. The van der Waals surface area contributed by atoms with Crippen molar-refractivity contribution in [2.45, 2.75) is 6.92 Å². The van der Waals surface area contributed by atoms with E-state index in [1.165, 1.54) is 32.3 Å². The van der Waals surface area contributed by atoms with Gasteiger partial charge in [-0.2, -0.15) is 15.4 Å². The minimum atomic E-state index is 0.926. The zero-order chi connectivity index (χ0) is 14.7. The van der Waals surface area contributed by atoms with Crippen molar-refractivity contribution in [3.8, 4) is 11.3 Å². The fourth-order valence-electron chi connectivity index (χ4n) is 3.50. The van der Waals surface area contributed by atoms with Crippen LogP contribution in [0.3, 0.4) is 0 Å². The lowest BCUT2D eigenvalue weighted by molar-refractivity contribution is 0.930. The summed E-state index contributed by atoms with van der Waals surface area (Å²) >= 11 is 0. The quantitative estimate of drug-likeness (QED) is 0.454. The average molecular weight is 283 g/mol. The van der Waals surface area contributed by atoms with Gasteiger partial charge in [-0.05, 0) is 45.3 Å². The van der Waals surface area contributed by atoms with Crippen LogP contribution < -0.4 is 0 Å². The standard InChI is InChI=1S/C19H13N3/c1-11-19(21-22-20-11)16-10-14-6-2-4-12-8-9-13-5-3-7-15(16)18(13)17(12)14/h2-10H,1H3,(H,20,21,22). The van der Waals surface area contributed by atoms with Gasteiger partial charge in [-0.3, -0.25) is 0 Å². The van der Waals surface area contributed by atoms with E-state index in [0.717, 1.165) is 17.0 Å². The molecule has 0 aliphatic rings. The number of benzene rings is 4.